The fraction of sp³-hybridized carbons (Fsp3) is 0.333. The fourth-order valence-electron chi connectivity index (χ4n) is 1.56. The molecule has 2 N–H and O–H groups in total. The van der Waals surface area contributed by atoms with E-state index in [1.807, 2.05) is 26.0 Å². The Morgan fingerprint density at radius 2 is 2.24 bits per heavy atom. The summed E-state index contributed by atoms with van der Waals surface area (Å²) in [7, 11) is 0. The minimum absolute atomic E-state index is 0.394. The zero-order valence-electron chi connectivity index (χ0n) is 9.93. The molecule has 2 rings (SSSR count). The van der Waals surface area contributed by atoms with Crippen molar-refractivity contribution in [1.82, 2.24) is 10.1 Å². The van der Waals surface area contributed by atoms with Crippen LogP contribution >= 0.6 is 0 Å². The van der Waals surface area contributed by atoms with Crippen LogP contribution in [0.5, 0.6) is 5.88 Å². The third-order valence-corrected chi connectivity index (χ3v) is 2.60. The quantitative estimate of drug-likeness (QED) is 0.870. The maximum absolute atomic E-state index is 5.64. The molecule has 0 unspecified atom stereocenters. The number of hydrogen-bond acceptors (Lipinski definition) is 5. The van der Waals surface area contributed by atoms with Gasteiger partial charge in [0.1, 0.15) is 12.4 Å². The van der Waals surface area contributed by atoms with E-state index in [1.165, 1.54) is 0 Å². The van der Waals surface area contributed by atoms with Gasteiger partial charge in [0, 0.05) is 18.3 Å². The number of aromatic nitrogens is 2. The van der Waals surface area contributed by atoms with E-state index >= 15 is 0 Å². The van der Waals surface area contributed by atoms with Crippen LogP contribution in [0.15, 0.2) is 22.9 Å². The number of nitrogens with two attached hydrogens (primary N) is 1. The molecule has 5 heteroatoms. The van der Waals surface area contributed by atoms with Crippen molar-refractivity contribution in [2.75, 3.05) is 0 Å². The van der Waals surface area contributed by atoms with Crippen LogP contribution < -0.4 is 10.5 Å². The number of pyridine rings is 1. The first-order chi connectivity index (χ1) is 8.22. The largest absolute Gasteiger partial charge is 0.472 e. The molecule has 17 heavy (non-hydrogen) atoms. The first-order valence-corrected chi connectivity index (χ1v) is 5.41. The van der Waals surface area contributed by atoms with Crippen molar-refractivity contribution in [3.8, 4) is 5.88 Å². The molecule has 0 bridgehead atoms. The molecule has 0 aliphatic heterocycles. The Hall–Kier alpha value is -1.88. The van der Waals surface area contributed by atoms with Gasteiger partial charge < -0.3 is 15.0 Å². The van der Waals surface area contributed by atoms with Gasteiger partial charge in [-0.3, -0.25) is 0 Å². The molecule has 2 aromatic heterocycles. The Morgan fingerprint density at radius 3 is 2.88 bits per heavy atom. The second-order valence-electron chi connectivity index (χ2n) is 3.76. The zero-order valence-corrected chi connectivity index (χ0v) is 9.93. The van der Waals surface area contributed by atoms with Gasteiger partial charge in [0.25, 0.3) is 0 Å². The summed E-state index contributed by atoms with van der Waals surface area (Å²) in [5.74, 6) is 1.34. The highest BCUT2D eigenvalue weighted by molar-refractivity contribution is 5.26. The molecule has 0 radical (unpaired) electrons. The van der Waals surface area contributed by atoms with Crippen LogP contribution in [0.1, 0.15) is 22.6 Å². The minimum Gasteiger partial charge on any atom is -0.472 e. The SMILES string of the molecule is Cc1noc(C)c1COc1ncccc1CN. The lowest BCUT2D eigenvalue weighted by Crippen LogP contribution is -2.05. The molecule has 0 aliphatic rings. The van der Waals surface area contributed by atoms with Gasteiger partial charge in [-0.1, -0.05) is 11.2 Å². The average Bonchev–Trinajstić information content (AvgIpc) is 2.67. The predicted octanol–water partition coefficient (Wildman–Crippen LogP) is 1.72. The normalized spacial score (nSPS) is 10.5. The molecule has 0 saturated heterocycles. The molecule has 5 nitrogen and oxygen atoms in total. The predicted molar refractivity (Wildman–Crippen MR) is 62.4 cm³/mol. The van der Waals surface area contributed by atoms with Crippen LogP contribution in [0.2, 0.25) is 0 Å². The molecule has 0 fully saturated rings. The van der Waals surface area contributed by atoms with Gasteiger partial charge in [-0.2, -0.15) is 0 Å². The van der Waals surface area contributed by atoms with Crippen molar-refractivity contribution in [2.45, 2.75) is 27.0 Å². The van der Waals surface area contributed by atoms with E-state index in [-0.39, 0.29) is 0 Å². The molecule has 90 valence electrons. The summed E-state index contributed by atoms with van der Waals surface area (Å²) in [6.45, 7) is 4.55. The topological polar surface area (TPSA) is 74.2 Å². The van der Waals surface area contributed by atoms with Crippen LogP contribution in [-0.4, -0.2) is 10.1 Å². The number of hydrogen-bond donors (Lipinski definition) is 1. The molecule has 0 spiro atoms. The summed E-state index contributed by atoms with van der Waals surface area (Å²) < 4.78 is 10.7. The molecular weight excluding hydrogens is 218 g/mol. The summed E-state index contributed by atoms with van der Waals surface area (Å²) >= 11 is 0. The van der Waals surface area contributed by atoms with Crippen LogP contribution in [0.3, 0.4) is 0 Å². The standard InChI is InChI=1S/C12H15N3O2/c1-8-11(9(2)17-15-8)7-16-12-10(6-13)4-3-5-14-12/h3-5H,6-7,13H2,1-2H3. The number of nitrogens with zero attached hydrogens (tertiary/aromatic N) is 2. The van der Waals surface area contributed by atoms with Gasteiger partial charge in [0.05, 0.1) is 11.3 Å². The van der Waals surface area contributed by atoms with Crippen LogP contribution in [0.25, 0.3) is 0 Å². The second kappa shape index (κ2) is 4.97. The first-order valence-electron chi connectivity index (χ1n) is 5.41. The van der Waals surface area contributed by atoms with Gasteiger partial charge in [-0.15, -0.1) is 0 Å². The Labute approximate surface area is 99.6 Å². The summed E-state index contributed by atoms with van der Waals surface area (Å²) in [6, 6.07) is 3.74. The van der Waals surface area contributed by atoms with Gasteiger partial charge in [-0.05, 0) is 19.9 Å². The number of aryl methyl sites for hydroxylation is 2. The molecule has 0 aromatic carbocycles. The number of rotatable bonds is 4. The van der Waals surface area contributed by atoms with Crippen molar-refractivity contribution in [3.63, 3.8) is 0 Å². The highest BCUT2D eigenvalue weighted by atomic mass is 16.5. The zero-order chi connectivity index (χ0) is 12.3. The van der Waals surface area contributed by atoms with Crippen LogP contribution in [-0.2, 0) is 13.2 Å². The van der Waals surface area contributed by atoms with E-state index in [4.69, 9.17) is 15.0 Å². The highest BCUT2D eigenvalue weighted by Gasteiger charge is 2.11. The third kappa shape index (κ3) is 2.45. The Balaban J connectivity index is 2.12. The van der Waals surface area contributed by atoms with Crippen molar-refractivity contribution in [1.29, 1.82) is 0 Å². The maximum Gasteiger partial charge on any atom is 0.218 e. The molecule has 0 amide bonds. The fourth-order valence-corrected chi connectivity index (χ4v) is 1.56. The van der Waals surface area contributed by atoms with Gasteiger partial charge in [0.2, 0.25) is 5.88 Å². The summed E-state index contributed by atoms with van der Waals surface area (Å²) in [5, 5.41) is 3.87. The number of ether oxygens (including phenoxy) is 1. The molecule has 2 heterocycles. The smallest absolute Gasteiger partial charge is 0.218 e. The second-order valence-corrected chi connectivity index (χ2v) is 3.76. The van der Waals surface area contributed by atoms with Crippen molar-refractivity contribution < 1.29 is 9.26 Å². The third-order valence-electron chi connectivity index (χ3n) is 2.60. The van der Waals surface area contributed by atoms with Crippen molar-refractivity contribution in [3.05, 3.63) is 40.9 Å². The monoisotopic (exact) mass is 233 g/mol. The van der Waals surface area contributed by atoms with E-state index in [9.17, 15) is 0 Å². The summed E-state index contributed by atoms with van der Waals surface area (Å²) in [6.07, 6.45) is 1.68. The van der Waals surface area contributed by atoms with E-state index < -0.39 is 0 Å². The van der Waals surface area contributed by atoms with Crippen LogP contribution in [0.4, 0.5) is 0 Å². The van der Waals surface area contributed by atoms with Gasteiger partial charge >= 0.3 is 0 Å². The highest BCUT2D eigenvalue weighted by Crippen LogP contribution is 2.18. The minimum atomic E-state index is 0.394. The van der Waals surface area contributed by atoms with E-state index in [1.54, 1.807) is 6.20 Å². The average molecular weight is 233 g/mol. The summed E-state index contributed by atoms with van der Waals surface area (Å²) in [4.78, 5) is 4.16. The van der Waals surface area contributed by atoms with Crippen molar-refractivity contribution >= 4 is 0 Å². The molecule has 0 saturated carbocycles. The lowest BCUT2D eigenvalue weighted by atomic mass is 10.2. The van der Waals surface area contributed by atoms with E-state index in [0.29, 0.717) is 19.0 Å². The van der Waals surface area contributed by atoms with Crippen LogP contribution in [0, 0.1) is 13.8 Å². The Morgan fingerprint density at radius 1 is 1.41 bits per heavy atom. The van der Waals surface area contributed by atoms with E-state index in [2.05, 4.69) is 10.1 Å². The van der Waals surface area contributed by atoms with Gasteiger partial charge in [-0.25, -0.2) is 4.98 Å². The van der Waals surface area contributed by atoms with Gasteiger partial charge in [0.15, 0.2) is 0 Å². The first kappa shape index (κ1) is 11.6. The van der Waals surface area contributed by atoms with Crippen molar-refractivity contribution in [2.24, 2.45) is 5.73 Å². The molecular formula is C12H15N3O2. The maximum atomic E-state index is 5.64. The Kier molecular flexibility index (Phi) is 3.39. The van der Waals surface area contributed by atoms with E-state index in [0.717, 1.165) is 22.6 Å². The Bertz CT molecular complexity index is 489. The summed E-state index contributed by atoms with van der Waals surface area (Å²) in [5.41, 5.74) is 8.29. The lowest BCUT2D eigenvalue weighted by molar-refractivity contribution is 0.286. The molecule has 2 aromatic rings. The molecule has 0 atom stereocenters. The lowest BCUT2D eigenvalue weighted by Gasteiger charge is -2.08. The molecule has 0 aliphatic carbocycles.